The quantitative estimate of drug-likeness (QED) is 0.386. The highest BCUT2D eigenvalue weighted by atomic mass is 16.1. The molecule has 9 heavy (non-hydrogen) atoms. The van der Waals surface area contributed by atoms with Crippen LogP contribution in [-0.2, 0) is 4.79 Å². The molecule has 0 aliphatic heterocycles. The summed E-state index contributed by atoms with van der Waals surface area (Å²) in [6.07, 6.45) is 4.76. The van der Waals surface area contributed by atoms with Gasteiger partial charge in [0.1, 0.15) is 0 Å². The molecule has 0 bridgehead atoms. The minimum absolute atomic E-state index is 0.949. The third kappa shape index (κ3) is 1.27. The van der Waals surface area contributed by atoms with Crippen LogP contribution < -0.4 is 0 Å². The van der Waals surface area contributed by atoms with Gasteiger partial charge in [0.25, 0.3) is 0 Å². The fourth-order valence-electron chi connectivity index (χ4n) is 1.09. The van der Waals surface area contributed by atoms with Gasteiger partial charge in [-0.15, -0.1) is 0 Å². The van der Waals surface area contributed by atoms with E-state index in [1.165, 1.54) is 5.57 Å². The van der Waals surface area contributed by atoms with Crippen LogP contribution >= 0.6 is 0 Å². The lowest BCUT2D eigenvalue weighted by atomic mass is 10.3. The number of isocyanates is 1. The van der Waals surface area contributed by atoms with Crippen molar-refractivity contribution in [3.63, 3.8) is 0 Å². The third-order valence-corrected chi connectivity index (χ3v) is 1.64. The van der Waals surface area contributed by atoms with E-state index in [1.807, 2.05) is 6.92 Å². The molecule has 0 radical (unpaired) electrons. The molecule has 0 spiro atoms. The van der Waals surface area contributed by atoms with Gasteiger partial charge in [0.05, 0.1) is 5.70 Å². The van der Waals surface area contributed by atoms with Gasteiger partial charge in [-0.3, -0.25) is 0 Å². The summed E-state index contributed by atoms with van der Waals surface area (Å²) >= 11 is 0. The molecule has 0 atom stereocenters. The second-order valence-electron chi connectivity index (χ2n) is 2.28. The van der Waals surface area contributed by atoms with Crippen LogP contribution in [0.3, 0.4) is 0 Å². The van der Waals surface area contributed by atoms with E-state index in [0.717, 1.165) is 25.0 Å². The molecule has 2 nitrogen and oxygen atoms in total. The monoisotopic (exact) mass is 123 g/mol. The van der Waals surface area contributed by atoms with Gasteiger partial charge in [-0.25, -0.2) is 4.79 Å². The lowest BCUT2D eigenvalue weighted by Gasteiger charge is -1.87. The number of aliphatic imine (C=N–C) groups is 1. The summed E-state index contributed by atoms with van der Waals surface area (Å²) in [6.45, 7) is 2.02. The standard InChI is InChI=1S/C7H9NO/c1-6-3-2-4-7(6)8-5-9/h2-4H2,1H3. The Bertz CT molecular complexity index is 187. The molecular weight excluding hydrogens is 114 g/mol. The number of rotatable bonds is 1. The van der Waals surface area contributed by atoms with Crippen molar-refractivity contribution in [3.05, 3.63) is 11.3 Å². The fraction of sp³-hybridized carbons (Fsp3) is 0.571. The molecule has 1 rings (SSSR count). The lowest BCUT2D eigenvalue weighted by molar-refractivity contribution is 0.564. The van der Waals surface area contributed by atoms with Crippen molar-refractivity contribution in [1.82, 2.24) is 0 Å². The summed E-state index contributed by atoms with van der Waals surface area (Å²) in [4.78, 5) is 13.4. The highest BCUT2D eigenvalue weighted by molar-refractivity contribution is 5.38. The molecule has 0 aromatic rings. The average Bonchev–Trinajstić information content (AvgIpc) is 2.18. The van der Waals surface area contributed by atoms with E-state index < -0.39 is 0 Å². The molecule has 2 heteroatoms. The van der Waals surface area contributed by atoms with E-state index in [1.54, 1.807) is 6.08 Å². The number of hydrogen-bond donors (Lipinski definition) is 0. The molecule has 0 amide bonds. The topological polar surface area (TPSA) is 29.4 Å². The van der Waals surface area contributed by atoms with E-state index in [9.17, 15) is 4.79 Å². The SMILES string of the molecule is CC1=C(N=C=O)CCC1. The first kappa shape index (κ1) is 6.24. The summed E-state index contributed by atoms with van der Waals surface area (Å²) in [5.41, 5.74) is 2.20. The molecule has 0 saturated heterocycles. The lowest BCUT2D eigenvalue weighted by Crippen LogP contribution is -1.71. The third-order valence-electron chi connectivity index (χ3n) is 1.64. The Balaban J connectivity index is 2.77. The van der Waals surface area contributed by atoms with Gasteiger partial charge in [-0.05, 0) is 26.2 Å². The molecule has 0 N–H and O–H groups in total. The van der Waals surface area contributed by atoms with Crippen molar-refractivity contribution in [2.24, 2.45) is 4.99 Å². The van der Waals surface area contributed by atoms with E-state index in [0.29, 0.717) is 0 Å². The Morgan fingerprint density at radius 2 is 2.33 bits per heavy atom. The van der Waals surface area contributed by atoms with Gasteiger partial charge in [-0.1, -0.05) is 5.57 Å². The zero-order valence-electron chi connectivity index (χ0n) is 5.48. The van der Waals surface area contributed by atoms with Gasteiger partial charge >= 0.3 is 0 Å². The number of allylic oxidation sites excluding steroid dienone is 2. The first-order valence-electron chi connectivity index (χ1n) is 3.11. The Morgan fingerprint density at radius 1 is 1.56 bits per heavy atom. The van der Waals surface area contributed by atoms with Gasteiger partial charge in [-0.2, -0.15) is 4.99 Å². The van der Waals surface area contributed by atoms with Crippen molar-refractivity contribution < 1.29 is 4.79 Å². The zero-order chi connectivity index (χ0) is 6.69. The maximum absolute atomic E-state index is 9.78. The van der Waals surface area contributed by atoms with Gasteiger partial charge in [0.15, 0.2) is 0 Å². The Hall–Kier alpha value is -0.880. The van der Waals surface area contributed by atoms with Crippen LogP contribution in [0.15, 0.2) is 16.3 Å². The second kappa shape index (κ2) is 2.60. The predicted octanol–water partition coefficient (Wildman–Crippen LogP) is 1.78. The second-order valence-corrected chi connectivity index (χ2v) is 2.28. The summed E-state index contributed by atoms with van der Waals surface area (Å²) in [6, 6.07) is 0. The van der Waals surface area contributed by atoms with Gasteiger partial charge in [0.2, 0.25) is 6.08 Å². The maximum atomic E-state index is 9.78. The number of nitrogens with zero attached hydrogens (tertiary/aromatic N) is 1. The predicted molar refractivity (Wildman–Crippen MR) is 34.7 cm³/mol. The molecule has 0 fully saturated rings. The summed E-state index contributed by atoms with van der Waals surface area (Å²) in [5.74, 6) is 0. The summed E-state index contributed by atoms with van der Waals surface area (Å²) in [5, 5.41) is 0. The summed E-state index contributed by atoms with van der Waals surface area (Å²) in [7, 11) is 0. The van der Waals surface area contributed by atoms with Crippen LogP contribution in [0, 0.1) is 0 Å². The van der Waals surface area contributed by atoms with Crippen LogP contribution in [0.4, 0.5) is 0 Å². The minimum atomic E-state index is 0.949. The van der Waals surface area contributed by atoms with Crippen molar-refractivity contribution in [2.45, 2.75) is 26.2 Å². The van der Waals surface area contributed by atoms with Gasteiger partial charge < -0.3 is 0 Å². The number of hydrogen-bond acceptors (Lipinski definition) is 2. The largest absolute Gasteiger partial charge is 0.240 e. The molecule has 48 valence electrons. The fourth-order valence-corrected chi connectivity index (χ4v) is 1.09. The van der Waals surface area contributed by atoms with Crippen molar-refractivity contribution in [1.29, 1.82) is 0 Å². The van der Waals surface area contributed by atoms with Crippen molar-refractivity contribution >= 4 is 6.08 Å². The van der Waals surface area contributed by atoms with Crippen LogP contribution in [0.25, 0.3) is 0 Å². The van der Waals surface area contributed by atoms with E-state index in [4.69, 9.17) is 0 Å². The highest BCUT2D eigenvalue weighted by Crippen LogP contribution is 2.25. The van der Waals surface area contributed by atoms with Crippen LogP contribution in [-0.4, -0.2) is 6.08 Å². The highest BCUT2D eigenvalue weighted by Gasteiger charge is 2.08. The Labute approximate surface area is 54.3 Å². The molecule has 0 saturated carbocycles. The van der Waals surface area contributed by atoms with Crippen LogP contribution in [0.5, 0.6) is 0 Å². The molecule has 1 aliphatic rings. The van der Waals surface area contributed by atoms with E-state index >= 15 is 0 Å². The molecule has 0 aromatic carbocycles. The Kier molecular flexibility index (Phi) is 1.81. The minimum Gasteiger partial charge on any atom is -0.211 e. The molecule has 0 aromatic heterocycles. The molecular formula is C7H9NO. The maximum Gasteiger partial charge on any atom is 0.240 e. The smallest absolute Gasteiger partial charge is 0.211 e. The Morgan fingerprint density at radius 3 is 2.78 bits per heavy atom. The number of carbonyl (C=O) groups excluding carboxylic acids is 1. The normalized spacial score (nSPS) is 17.9. The first-order valence-corrected chi connectivity index (χ1v) is 3.11. The molecule has 0 unspecified atom stereocenters. The van der Waals surface area contributed by atoms with Crippen LogP contribution in [0.1, 0.15) is 26.2 Å². The van der Waals surface area contributed by atoms with Crippen molar-refractivity contribution in [2.75, 3.05) is 0 Å². The molecule has 0 heterocycles. The van der Waals surface area contributed by atoms with Crippen LogP contribution in [0.2, 0.25) is 0 Å². The van der Waals surface area contributed by atoms with Gasteiger partial charge in [0, 0.05) is 0 Å². The van der Waals surface area contributed by atoms with E-state index in [2.05, 4.69) is 4.99 Å². The average molecular weight is 123 g/mol. The first-order chi connectivity index (χ1) is 4.34. The van der Waals surface area contributed by atoms with Crippen molar-refractivity contribution in [3.8, 4) is 0 Å². The summed E-state index contributed by atoms with van der Waals surface area (Å²) < 4.78 is 0. The molecule has 1 aliphatic carbocycles. The van der Waals surface area contributed by atoms with E-state index in [-0.39, 0.29) is 0 Å². The zero-order valence-corrected chi connectivity index (χ0v) is 5.48.